The average molecular weight is 272 g/mol. The van der Waals surface area contributed by atoms with Crippen LogP contribution in [-0.2, 0) is 4.74 Å². The summed E-state index contributed by atoms with van der Waals surface area (Å²) in [5.74, 6) is 2.45. The number of methoxy groups -OCH3 is 1. The second kappa shape index (κ2) is 5.70. The Bertz CT molecular complexity index is 285. The van der Waals surface area contributed by atoms with Crippen LogP contribution in [0.4, 0.5) is 0 Å². The van der Waals surface area contributed by atoms with Crippen molar-refractivity contribution in [2.24, 2.45) is 11.1 Å². The molecule has 2 heterocycles. The van der Waals surface area contributed by atoms with Crippen LogP contribution in [0.3, 0.4) is 0 Å². The molecule has 0 aromatic carbocycles. The summed E-state index contributed by atoms with van der Waals surface area (Å²) >= 11 is 2.07. The molecule has 18 heavy (non-hydrogen) atoms. The lowest BCUT2D eigenvalue weighted by molar-refractivity contribution is -0.0568. The Hall–Kier alpha value is 0.230. The Balaban J connectivity index is 2.19. The molecule has 3 nitrogen and oxygen atoms in total. The monoisotopic (exact) mass is 272 g/mol. The highest BCUT2D eigenvalue weighted by atomic mass is 32.2. The molecule has 2 saturated heterocycles. The zero-order valence-electron chi connectivity index (χ0n) is 12.1. The molecule has 2 N–H and O–H groups in total. The van der Waals surface area contributed by atoms with Gasteiger partial charge in [-0.25, -0.2) is 0 Å². The van der Waals surface area contributed by atoms with Crippen molar-refractivity contribution in [1.82, 2.24) is 4.90 Å². The number of thioether (sulfide) groups is 1. The molecule has 0 aliphatic carbocycles. The highest BCUT2D eigenvalue weighted by molar-refractivity contribution is 7.99. The lowest BCUT2D eigenvalue weighted by atomic mass is 9.69. The van der Waals surface area contributed by atoms with Crippen molar-refractivity contribution in [3.05, 3.63) is 0 Å². The highest BCUT2D eigenvalue weighted by Gasteiger charge is 2.50. The van der Waals surface area contributed by atoms with Gasteiger partial charge in [-0.1, -0.05) is 13.8 Å². The Kier molecular flexibility index (Phi) is 4.63. The number of hydrogen-bond acceptors (Lipinski definition) is 4. The van der Waals surface area contributed by atoms with Gasteiger partial charge in [-0.05, 0) is 37.0 Å². The molecule has 106 valence electrons. The van der Waals surface area contributed by atoms with E-state index >= 15 is 0 Å². The van der Waals surface area contributed by atoms with E-state index in [-0.39, 0.29) is 5.54 Å². The van der Waals surface area contributed by atoms with Crippen molar-refractivity contribution in [2.75, 3.05) is 38.2 Å². The number of likely N-dealkylation sites (tertiary alicyclic amines) is 1. The van der Waals surface area contributed by atoms with E-state index in [1.807, 2.05) is 7.11 Å². The van der Waals surface area contributed by atoms with Crippen LogP contribution in [0.1, 0.15) is 33.1 Å². The highest BCUT2D eigenvalue weighted by Crippen LogP contribution is 2.46. The van der Waals surface area contributed by atoms with Crippen LogP contribution in [0.5, 0.6) is 0 Å². The first-order chi connectivity index (χ1) is 8.55. The minimum Gasteiger partial charge on any atom is -0.380 e. The molecule has 2 unspecified atom stereocenters. The number of piperidine rings is 1. The van der Waals surface area contributed by atoms with Crippen molar-refractivity contribution < 1.29 is 4.74 Å². The molecule has 0 amide bonds. The normalized spacial score (nSPS) is 37.7. The molecule has 0 saturated carbocycles. The molecule has 0 spiro atoms. The second-order valence-corrected chi connectivity index (χ2v) is 7.47. The van der Waals surface area contributed by atoms with E-state index in [2.05, 4.69) is 30.5 Å². The Morgan fingerprint density at radius 3 is 2.83 bits per heavy atom. The third kappa shape index (κ3) is 2.45. The van der Waals surface area contributed by atoms with Crippen LogP contribution in [0, 0.1) is 5.41 Å². The minimum atomic E-state index is 0.160. The first-order valence-corrected chi connectivity index (χ1v) is 8.27. The van der Waals surface area contributed by atoms with Crippen LogP contribution < -0.4 is 5.73 Å². The van der Waals surface area contributed by atoms with Gasteiger partial charge in [0, 0.05) is 31.5 Å². The van der Waals surface area contributed by atoms with Crippen LogP contribution in [0.25, 0.3) is 0 Å². The molecule has 0 radical (unpaired) electrons. The van der Waals surface area contributed by atoms with E-state index in [0.29, 0.717) is 11.5 Å². The van der Waals surface area contributed by atoms with Gasteiger partial charge in [0.1, 0.15) is 0 Å². The number of hydrogen-bond donors (Lipinski definition) is 1. The first-order valence-electron chi connectivity index (χ1n) is 7.11. The van der Waals surface area contributed by atoms with Gasteiger partial charge in [-0.15, -0.1) is 0 Å². The van der Waals surface area contributed by atoms with E-state index in [0.717, 1.165) is 13.1 Å². The number of rotatable bonds is 3. The Morgan fingerprint density at radius 1 is 1.44 bits per heavy atom. The van der Waals surface area contributed by atoms with Crippen LogP contribution in [-0.4, -0.2) is 54.8 Å². The van der Waals surface area contributed by atoms with E-state index in [1.165, 1.54) is 37.3 Å². The maximum absolute atomic E-state index is 6.24. The SMILES string of the molecule is COC1CCCN(C2(CN)CSCCC2(C)C)C1. The van der Waals surface area contributed by atoms with Gasteiger partial charge >= 0.3 is 0 Å². The molecule has 2 atom stereocenters. The van der Waals surface area contributed by atoms with Gasteiger partial charge < -0.3 is 10.5 Å². The Morgan fingerprint density at radius 2 is 2.22 bits per heavy atom. The standard InChI is InChI=1S/C14H28N2OS/c1-13(2)6-8-18-11-14(13,10-15)16-7-4-5-12(9-16)17-3/h12H,4-11,15H2,1-3H3. The number of nitrogens with zero attached hydrogens (tertiary/aromatic N) is 1. The third-order valence-electron chi connectivity index (χ3n) is 5.13. The van der Waals surface area contributed by atoms with Crippen molar-refractivity contribution in [3.63, 3.8) is 0 Å². The van der Waals surface area contributed by atoms with Crippen LogP contribution in [0.15, 0.2) is 0 Å². The Labute approximate surface area is 116 Å². The zero-order valence-corrected chi connectivity index (χ0v) is 12.9. The molecule has 2 aliphatic heterocycles. The summed E-state index contributed by atoms with van der Waals surface area (Å²) in [4.78, 5) is 2.64. The van der Waals surface area contributed by atoms with E-state index in [9.17, 15) is 0 Å². The fraction of sp³-hybridized carbons (Fsp3) is 1.00. The van der Waals surface area contributed by atoms with E-state index in [1.54, 1.807) is 0 Å². The average Bonchev–Trinajstić information content (AvgIpc) is 2.39. The van der Waals surface area contributed by atoms with Crippen LogP contribution in [0.2, 0.25) is 0 Å². The molecule has 2 rings (SSSR count). The molecule has 4 heteroatoms. The van der Waals surface area contributed by atoms with Gasteiger partial charge in [0.2, 0.25) is 0 Å². The summed E-state index contributed by atoms with van der Waals surface area (Å²) in [5, 5.41) is 0. The maximum Gasteiger partial charge on any atom is 0.0698 e. The molecule has 2 fully saturated rings. The fourth-order valence-corrected chi connectivity index (χ4v) is 5.33. The predicted molar refractivity (Wildman–Crippen MR) is 79.1 cm³/mol. The van der Waals surface area contributed by atoms with Crippen molar-refractivity contribution in [3.8, 4) is 0 Å². The smallest absolute Gasteiger partial charge is 0.0698 e. The van der Waals surface area contributed by atoms with Gasteiger partial charge in [0.05, 0.1) is 6.10 Å². The van der Waals surface area contributed by atoms with Gasteiger partial charge in [-0.2, -0.15) is 11.8 Å². The van der Waals surface area contributed by atoms with E-state index < -0.39 is 0 Å². The minimum absolute atomic E-state index is 0.160. The number of nitrogens with two attached hydrogens (primary N) is 1. The van der Waals surface area contributed by atoms with Crippen molar-refractivity contribution in [1.29, 1.82) is 0 Å². The van der Waals surface area contributed by atoms with Crippen molar-refractivity contribution >= 4 is 11.8 Å². The summed E-state index contributed by atoms with van der Waals surface area (Å²) in [5.41, 5.74) is 6.70. The molecular formula is C14H28N2OS. The topological polar surface area (TPSA) is 38.5 Å². The lowest BCUT2D eigenvalue weighted by Crippen LogP contribution is -2.67. The van der Waals surface area contributed by atoms with E-state index in [4.69, 9.17) is 10.5 Å². The number of ether oxygens (including phenoxy) is 1. The molecular weight excluding hydrogens is 244 g/mol. The summed E-state index contributed by atoms with van der Waals surface area (Å²) in [6.45, 7) is 7.80. The van der Waals surface area contributed by atoms with Crippen molar-refractivity contribution in [2.45, 2.75) is 44.8 Å². The van der Waals surface area contributed by atoms with Gasteiger partial charge in [0.15, 0.2) is 0 Å². The third-order valence-corrected chi connectivity index (χ3v) is 6.30. The molecule has 2 aliphatic rings. The quantitative estimate of drug-likeness (QED) is 0.852. The molecule has 0 bridgehead atoms. The van der Waals surface area contributed by atoms with Gasteiger partial charge in [0.25, 0.3) is 0 Å². The first kappa shape index (κ1) is 14.6. The summed E-state index contributed by atoms with van der Waals surface area (Å²) in [7, 11) is 1.84. The maximum atomic E-state index is 6.24. The fourth-order valence-electron chi connectivity index (χ4n) is 3.50. The predicted octanol–water partition coefficient (Wildman–Crippen LogP) is 1.96. The summed E-state index contributed by atoms with van der Waals surface area (Å²) < 4.78 is 5.58. The summed E-state index contributed by atoms with van der Waals surface area (Å²) in [6.07, 6.45) is 4.09. The largest absolute Gasteiger partial charge is 0.380 e. The van der Waals surface area contributed by atoms with Crippen LogP contribution >= 0.6 is 11.8 Å². The second-order valence-electron chi connectivity index (χ2n) is 6.37. The van der Waals surface area contributed by atoms with Gasteiger partial charge in [-0.3, -0.25) is 4.90 Å². The zero-order chi connectivity index (χ0) is 13.2. The molecule has 0 aromatic heterocycles. The molecule has 0 aromatic rings. The summed E-state index contributed by atoms with van der Waals surface area (Å²) in [6, 6.07) is 0. The lowest BCUT2D eigenvalue weighted by Gasteiger charge is -2.57.